The van der Waals surface area contributed by atoms with Crippen molar-refractivity contribution in [2.24, 2.45) is 0 Å². The predicted octanol–water partition coefficient (Wildman–Crippen LogP) is 4.29. The van der Waals surface area contributed by atoms with Gasteiger partial charge in [0.2, 0.25) is 0 Å². The smallest absolute Gasteiger partial charge is 0.274 e. The molecule has 1 aliphatic carbocycles. The first-order valence-corrected chi connectivity index (χ1v) is 9.46. The molecule has 2 aromatic carbocycles. The van der Waals surface area contributed by atoms with Crippen LogP contribution < -0.4 is 5.56 Å². The second-order valence-corrected chi connectivity index (χ2v) is 7.32. The molecule has 0 aliphatic heterocycles. The average Bonchev–Trinajstić information content (AvgIpc) is 3.05. The molecule has 0 saturated carbocycles. The van der Waals surface area contributed by atoms with Gasteiger partial charge in [0.15, 0.2) is 5.65 Å². The number of aryl methyl sites for hydroxylation is 2. The monoisotopic (exact) mass is 355 g/mol. The van der Waals surface area contributed by atoms with Gasteiger partial charge in [0.25, 0.3) is 5.56 Å². The number of rotatable bonds is 2. The van der Waals surface area contributed by atoms with Crippen molar-refractivity contribution < 1.29 is 0 Å². The summed E-state index contributed by atoms with van der Waals surface area (Å²) < 4.78 is 1.61. The fraction of sp³-hybridized carbons (Fsp3) is 0.217. The first kappa shape index (κ1) is 16.1. The molecule has 0 unspecified atom stereocenters. The van der Waals surface area contributed by atoms with E-state index in [1.807, 2.05) is 30.3 Å². The van der Waals surface area contributed by atoms with Crippen molar-refractivity contribution in [3.05, 3.63) is 93.4 Å². The molecule has 0 fully saturated rings. The highest BCUT2D eigenvalue weighted by Crippen LogP contribution is 2.36. The SMILES string of the molecule is Cc1nc2[nH]n(-c3ccccc3)c(=O)c2c2c1C[C@H](c1ccccc1)CC2. The molecule has 0 bridgehead atoms. The summed E-state index contributed by atoms with van der Waals surface area (Å²) in [4.78, 5) is 17.9. The molecule has 2 aromatic heterocycles. The largest absolute Gasteiger partial charge is 0.281 e. The summed E-state index contributed by atoms with van der Waals surface area (Å²) in [6.07, 6.45) is 2.92. The summed E-state index contributed by atoms with van der Waals surface area (Å²) in [5.41, 5.74) is 6.36. The molecule has 0 radical (unpaired) electrons. The molecule has 1 N–H and O–H groups in total. The van der Waals surface area contributed by atoms with Crippen molar-refractivity contribution in [2.45, 2.75) is 32.1 Å². The number of H-pyrrole nitrogens is 1. The lowest BCUT2D eigenvalue weighted by atomic mass is 9.79. The van der Waals surface area contributed by atoms with Gasteiger partial charge < -0.3 is 0 Å². The fourth-order valence-electron chi connectivity index (χ4n) is 4.37. The lowest BCUT2D eigenvalue weighted by molar-refractivity contribution is 0.583. The lowest BCUT2D eigenvalue weighted by Crippen LogP contribution is -2.19. The van der Waals surface area contributed by atoms with E-state index in [9.17, 15) is 4.79 Å². The zero-order chi connectivity index (χ0) is 18.4. The maximum Gasteiger partial charge on any atom is 0.281 e. The molecule has 27 heavy (non-hydrogen) atoms. The molecule has 134 valence electrons. The third-order valence-corrected chi connectivity index (χ3v) is 5.73. The van der Waals surface area contributed by atoms with E-state index in [2.05, 4.69) is 42.4 Å². The first-order valence-electron chi connectivity index (χ1n) is 9.46. The molecular weight excluding hydrogens is 334 g/mol. The van der Waals surface area contributed by atoms with Crippen LogP contribution in [-0.4, -0.2) is 14.8 Å². The van der Waals surface area contributed by atoms with Gasteiger partial charge in [-0.3, -0.25) is 9.89 Å². The van der Waals surface area contributed by atoms with Crippen molar-refractivity contribution >= 4 is 11.0 Å². The minimum Gasteiger partial charge on any atom is -0.274 e. The zero-order valence-electron chi connectivity index (χ0n) is 15.3. The zero-order valence-corrected chi connectivity index (χ0v) is 15.3. The Kier molecular flexibility index (Phi) is 3.71. The van der Waals surface area contributed by atoms with E-state index < -0.39 is 0 Å². The third-order valence-electron chi connectivity index (χ3n) is 5.73. The van der Waals surface area contributed by atoms with Crippen LogP contribution in [0.15, 0.2) is 65.5 Å². The predicted molar refractivity (Wildman–Crippen MR) is 108 cm³/mol. The highest BCUT2D eigenvalue weighted by Gasteiger charge is 2.26. The standard InChI is InChI=1S/C23H21N3O/c1-15-20-14-17(16-8-4-2-5-9-16)12-13-19(20)21-22(24-15)25-26(23(21)27)18-10-6-3-7-11-18/h2-11,17H,12-14H2,1H3,(H,24,25)/t17-/m1/s1. The Balaban J connectivity index is 1.65. The van der Waals surface area contributed by atoms with Crippen LogP contribution in [0.3, 0.4) is 0 Å². The molecular formula is C23H21N3O. The third kappa shape index (κ3) is 2.60. The van der Waals surface area contributed by atoms with Gasteiger partial charge >= 0.3 is 0 Å². The quantitative estimate of drug-likeness (QED) is 0.583. The molecule has 1 aliphatic rings. The molecule has 4 nitrogen and oxygen atoms in total. The first-order chi connectivity index (χ1) is 13.2. The van der Waals surface area contributed by atoms with Crippen LogP contribution in [0.4, 0.5) is 0 Å². The molecule has 2 heterocycles. The van der Waals surface area contributed by atoms with E-state index in [4.69, 9.17) is 4.98 Å². The number of fused-ring (bicyclic) bond motifs is 3. The number of aromatic nitrogens is 3. The molecule has 0 amide bonds. The van der Waals surface area contributed by atoms with E-state index in [0.29, 0.717) is 11.6 Å². The van der Waals surface area contributed by atoms with Gasteiger partial charge in [0, 0.05) is 5.69 Å². The summed E-state index contributed by atoms with van der Waals surface area (Å²) in [6.45, 7) is 2.06. The summed E-state index contributed by atoms with van der Waals surface area (Å²) >= 11 is 0. The maximum absolute atomic E-state index is 13.2. The van der Waals surface area contributed by atoms with Gasteiger partial charge in [0.05, 0.1) is 11.1 Å². The number of aromatic amines is 1. The number of benzene rings is 2. The molecule has 4 aromatic rings. The highest BCUT2D eigenvalue weighted by atomic mass is 16.1. The van der Waals surface area contributed by atoms with Crippen LogP contribution in [-0.2, 0) is 12.8 Å². The van der Waals surface area contributed by atoms with Crippen LogP contribution in [0, 0.1) is 6.92 Å². The topological polar surface area (TPSA) is 50.7 Å². The minimum absolute atomic E-state index is 0.00175. The van der Waals surface area contributed by atoms with Gasteiger partial charge in [-0.25, -0.2) is 9.67 Å². The Morgan fingerprint density at radius 2 is 1.70 bits per heavy atom. The summed E-state index contributed by atoms with van der Waals surface area (Å²) in [7, 11) is 0. The summed E-state index contributed by atoms with van der Waals surface area (Å²) in [6, 6.07) is 20.4. The van der Waals surface area contributed by atoms with Gasteiger partial charge in [0.1, 0.15) is 0 Å². The van der Waals surface area contributed by atoms with Gasteiger partial charge in [-0.2, -0.15) is 0 Å². The molecule has 1 atom stereocenters. The van der Waals surface area contributed by atoms with Crippen LogP contribution >= 0.6 is 0 Å². The number of pyridine rings is 1. The van der Waals surface area contributed by atoms with E-state index in [-0.39, 0.29) is 5.56 Å². The summed E-state index contributed by atoms with van der Waals surface area (Å²) in [5, 5.41) is 3.96. The number of nitrogens with one attached hydrogen (secondary N) is 1. The number of para-hydroxylation sites is 1. The van der Waals surface area contributed by atoms with Crippen LogP contribution in [0.2, 0.25) is 0 Å². The van der Waals surface area contributed by atoms with Crippen molar-refractivity contribution in [1.82, 2.24) is 14.8 Å². The van der Waals surface area contributed by atoms with E-state index >= 15 is 0 Å². The average molecular weight is 355 g/mol. The number of nitrogens with zero attached hydrogens (tertiary/aromatic N) is 2. The Morgan fingerprint density at radius 1 is 1.00 bits per heavy atom. The van der Waals surface area contributed by atoms with Crippen molar-refractivity contribution in [3.8, 4) is 5.69 Å². The Hall–Kier alpha value is -3.14. The Bertz CT molecular complexity index is 1170. The Morgan fingerprint density at radius 3 is 2.44 bits per heavy atom. The fourth-order valence-corrected chi connectivity index (χ4v) is 4.37. The molecule has 0 spiro atoms. The molecule has 4 heteroatoms. The Labute approximate surface area is 157 Å². The van der Waals surface area contributed by atoms with Gasteiger partial charge in [-0.15, -0.1) is 0 Å². The maximum atomic E-state index is 13.2. The molecule has 0 saturated heterocycles. The van der Waals surface area contributed by atoms with E-state index in [1.54, 1.807) is 4.68 Å². The van der Waals surface area contributed by atoms with E-state index in [0.717, 1.165) is 36.0 Å². The van der Waals surface area contributed by atoms with Crippen LogP contribution in [0.5, 0.6) is 0 Å². The van der Waals surface area contributed by atoms with Crippen molar-refractivity contribution in [2.75, 3.05) is 0 Å². The van der Waals surface area contributed by atoms with Gasteiger partial charge in [-0.05, 0) is 60.9 Å². The van der Waals surface area contributed by atoms with Crippen molar-refractivity contribution in [3.63, 3.8) is 0 Å². The lowest BCUT2D eigenvalue weighted by Gasteiger charge is -2.26. The highest BCUT2D eigenvalue weighted by molar-refractivity contribution is 5.81. The molecule has 5 rings (SSSR count). The van der Waals surface area contributed by atoms with Gasteiger partial charge in [-0.1, -0.05) is 48.5 Å². The summed E-state index contributed by atoms with van der Waals surface area (Å²) in [5.74, 6) is 0.493. The number of hydrogen-bond acceptors (Lipinski definition) is 2. The van der Waals surface area contributed by atoms with Crippen LogP contribution in [0.1, 0.15) is 34.7 Å². The second-order valence-electron chi connectivity index (χ2n) is 7.32. The number of hydrogen-bond donors (Lipinski definition) is 1. The second kappa shape index (κ2) is 6.23. The van der Waals surface area contributed by atoms with E-state index in [1.165, 1.54) is 16.7 Å². The van der Waals surface area contributed by atoms with Crippen LogP contribution in [0.25, 0.3) is 16.7 Å². The normalized spacial score (nSPS) is 16.4. The van der Waals surface area contributed by atoms with Crippen molar-refractivity contribution in [1.29, 1.82) is 0 Å². The minimum atomic E-state index is -0.00175.